The fourth-order valence-corrected chi connectivity index (χ4v) is 3.58. The van der Waals surface area contributed by atoms with Crippen molar-refractivity contribution in [2.75, 3.05) is 0 Å². The molecular weight excluding hydrogens is 386 g/mol. The molecule has 1 N–H and O–H groups in total. The Morgan fingerprint density at radius 3 is 1.86 bits per heavy atom. The number of hydrogen-bond acceptors (Lipinski definition) is 4. The second-order valence-corrected chi connectivity index (χ2v) is 7.70. The Morgan fingerprint density at radius 2 is 1.31 bits per heavy atom. The fraction of sp³-hybridized carbons (Fsp3) is 0. The highest BCUT2D eigenvalue weighted by molar-refractivity contribution is 7.98. The zero-order valence-corrected chi connectivity index (χ0v) is 16.3. The predicted octanol–water partition coefficient (Wildman–Crippen LogP) is 4.52. The third-order valence-electron chi connectivity index (χ3n) is 4.07. The van der Waals surface area contributed by atoms with Gasteiger partial charge in [0.15, 0.2) is 0 Å². The van der Waals surface area contributed by atoms with E-state index in [1.165, 1.54) is 18.2 Å². The Kier molecular flexibility index (Phi) is 6.39. The lowest BCUT2D eigenvalue weighted by atomic mass is 10.1. The average Bonchev–Trinajstić information content (AvgIpc) is 2.77. The summed E-state index contributed by atoms with van der Waals surface area (Å²) in [4.78, 5) is 18.9. The van der Waals surface area contributed by atoms with Crippen LogP contribution in [-0.4, -0.2) is 14.4 Å². The smallest absolute Gasteiger partial charge is 0.351 e. The first kappa shape index (κ1) is 20.3. The quantitative estimate of drug-likeness (QED) is 0.463. The van der Waals surface area contributed by atoms with Gasteiger partial charge in [-0.15, -0.1) is 0 Å². The van der Waals surface area contributed by atoms with Crippen molar-refractivity contribution in [1.82, 2.24) is 4.89 Å². The summed E-state index contributed by atoms with van der Waals surface area (Å²) < 4.78 is 25.8. The third kappa shape index (κ3) is 5.28. The van der Waals surface area contributed by atoms with Crippen LogP contribution in [0.4, 0.5) is 0 Å². The first-order chi connectivity index (χ1) is 14.0. The molecule has 0 saturated carbocycles. The van der Waals surface area contributed by atoms with Gasteiger partial charge in [-0.25, -0.2) is 13.2 Å². The standard InChI is InChI=1S/C23H19NO4S/c1-2-18-13-15-19(16-14-18)17-22(20-9-5-3-6-10-20)29(26,27)24-28-23(25)21-11-7-4-8-12-21/h2-17,24H,1H2/b22-17+. The summed E-state index contributed by atoms with van der Waals surface area (Å²) in [5.41, 5.74) is 2.29. The third-order valence-corrected chi connectivity index (χ3v) is 5.31. The summed E-state index contributed by atoms with van der Waals surface area (Å²) in [6.45, 7) is 3.70. The van der Waals surface area contributed by atoms with E-state index in [1.54, 1.807) is 66.7 Å². The lowest BCUT2D eigenvalue weighted by Gasteiger charge is -2.11. The first-order valence-corrected chi connectivity index (χ1v) is 10.3. The predicted molar refractivity (Wildman–Crippen MR) is 115 cm³/mol. The van der Waals surface area contributed by atoms with Gasteiger partial charge in [-0.3, -0.25) is 0 Å². The van der Waals surface area contributed by atoms with Crippen LogP contribution in [-0.2, 0) is 14.9 Å². The molecule has 0 amide bonds. The van der Waals surface area contributed by atoms with Crippen molar-refractivity contribution in [2.24, 2.45) is 0 Å². The fourth-order valence-electron chi connectivity index (χ4n) is 2.57. The van der Waals surface area contributed by atoms with Crippen LogP contribution in [0.15, 0.2) is 91.5 Å². The molecule has 0 fully saturated rings. The molecule has 0 aliphatic rings. The van der Waals surface area contributed by atoms with E-state index in [0.717, 1.165) is 5.56 Å². The van der Waals surface area contributed by atoms with Gasteiger partial charge in [0.1, 0.15) is 0 Å². The molecule has 0 spiro atoms. The Labute approximate surface area is 170 Å². The highest BCUT2D eigenvalue weighted by Crippen LogP contribution is 2.24. The number of rotatable bonds is 7. The van der Waals surface area contributed by atoms with E-state index < -0.39 is 16.0 Å². The van der Waals surface area contributed by atoms with Crippen LogP contribution in [0.25, 0.3) is 17.1 Å². The molecule has 0 radical (unpaired) electrons. The lowest BCUT2D eigenvalue weighted by molar-refractivity contribution is 0.0410. The zero-order valence-electron chi connectivity index (χ0n) is 15.5. The highest BCUT2D eigenvalue weighted by atomic mass is 32.2. The van der Waals surface area contributed by atoms with Gasteiger partial charge in [0.05, 0.1) is 10.5 Å². The molecule has 3 aromatic carbocycles. The van der Waals surface area contributed by atoms with Gasteiger partial charge in [-0.2, -0.15) is 0 Å². The Balaban J connectivity index is 1.91. The molecule has 3 rings (SSSR count). The van der Waals surface area contributed by atoms with Crippen molar-refractivity contribution in [3.63, 3.8) is 0 Å². The van der Waals surface area contributed by atoms with E-state index in [-0.39, 0.29) is 10.5 Å². The largest absolute Gasteiger partial charge is 0.357 e. The van der Waals surface area contributed by atoms with Gasteiger partial charge in [-0.1, -0.05) is 85.5 Å². The Morgan fingerprint density at radius 1 is 0.793 bits per heavy atom. The van der Waals surface area contributed by atoms with Crippen LogP contribution in [0.5, 0.6) is 0 Å². The monoisotopic (exact) mass is 405 g/mol. The number of nitrogens with one attached hydrogen (secondary N) is 1. The zero-order chi connectivity index (χ0) is 20.7. The van der Waals surface area contributed by atoms with Gasteiger partial charge in [0.2, 0.25) is 0 Å². The number of hydrogen-bond donors (Lipinski definition) is 1. The molecule has 0 aliphatic heterocycles. The molecule has 0 unspecified atom stereocenters. The summed E-state index contributed by atoms with van der Waals surface area (Å²) in [5.74, 6) is -0.795. The van der Waals surface area contributed by atoms with E-state index in [4.69, 9.17) is 4.84 Å². The van der Waals surface area contributed by atoms with Gasteiger partial charge in [0.25, 0.3) is 10.0 Å². The highest BCUT2D eigenvalue weighted by Gasteiger charge is 2.22. The molecule has 3 aromatic rings. The van der Waals surface area contributed by atoms with Crippen LogP contribution in [0.1, 0.15) is 27.0 Å². The number of carbonyl (C=O) groups excluding carboxylic acids is 1. The molecular formula is C23H19NO4S. The maximum atomic E-state index is 12.9. The topological polar surface area (TPSA) is 72.5 Å². The molecule has 0 saturated heterocycles. The SMILES string of the molecule is C=Cc1ccc(/C=C(\c2ccccc2)S(=O)(=O)NOC(=O)c2ccccc2)cc1. The van der Waals surface area contributed by atoms with Gasteiger partial charge >= 0.3 is 5.97 Å². The second kappa shape index (κ2) is 9.14. The maximum absolute atomic E-state index is 12.9. The summed E-state index contributed by atoms with van der Waals surface area (Å²) >= 11 is 0. The minimum absolute atomic E-state index is 0.0229. The molecule has 29 heavy (non-hydrogen) atoms. The van der Waals surface area contributed by atoms with Crippen molar-refractivity contribution < 1.29 is 18.0 Å². The van der Waals surface area contributed by atoms with Crippen LogP contribution < -0.4 is 4.89 Å². The van der Waals surface area contributed by atoms with Gasteiger partial charge in [-0.05, 0) is 39.8 Å². The van der Waals surface area contributed by atoms with E-state index in [9.17, 15) is 13.2 Å². The van der Waals surface area contributed by atoms with Crippen LogP contribution in [0.2, 0.25) is 0 Å². The molecule has 6 heteroatoms. The van der Waals surface area contributed by atoms with Gasteiger partial charge < -0.3 is 4.84 Å². The van der Waals surface area contributed by atoms with E-state index >= 15 is 0 Å². The molecule has 0 atom stereocenters. The van der Waals surface area contributed by atoms with Crippen LogP contribution in [0.3, 0.4) is 0 Å². The molecule has 5 nitrogen and oxygen atoms in total. The second-order valence-electron chi connectivity index (χ2n) is 6.09. The lowest BCUT2D eigenvalue weighted by Crippen LogP contribution is -2.28. The Bertz CT molecular complexity index is 1120. The van der Waals surface area contributed by atoms with Crippen molar-refractivity contribution in [3.05, 3.63) is 114 Å². The van der Waals surface area contributed by atoms with E-state index in [2.05, 4.69) is 6.58 Å². The minimum Gasteiger partial charge on any atom is -0.351 e. The Hall–Kier alpha value is -3.48. The molecule has 0 aliphatic carbocycles. The van der Waals surface area contributed by atoms with E-state index in [1.807, 2.05) is 17.0 Å². The minimum atomic E-state index is -4.14. The van der Waals surface area contributed by atoms with Crippen molar-refractivity contribution >= 4 is 33.0 Å². The van der Waals surface area contributed by atoms with Gasteiger partial charge in [0, 0.05) is 0 Å². The number of benzene rings is 3. The number of carbonyl (C=O) groups is 1. The maximum Gasteiger partial charge on any atom is 0.357 e. The van der Waals surface area contributed by atoms with Crippen LogP contribution >= 0.6 is 0 Å². The van der Waals surface area contributed by atoms with Crippen molar-refractivity contribution in [2.45, 2.75) is 0 Å². The normalized spacial score (nSPS) is 11.7. The van der Waals surface area contributed by atoms with Crippen molar-refractivity contribution in [1.29, 1.82) is 0 Å². The molecule has 146 valence electrons. The van der Waals surface area contributed by atoms with E-state index in [0.29, 0.717) is 11.1 Å². The van der Waals surface area contributed by atoms with Crippen molar-refractivity contribution in [3.8, 4) is 0 Å². The average molecular weight is 405 g/mol. The first-order valence-electron chi connectivity index (χ1n) is 8.77. The molecule has 0 bridgehead atoms. The molecule has 0 aromatic heterocycles. The summed E-state index contributed by atoms with van der Waals surface area (Å²) in [6.07, 6.45) is 3.22. The summed E-state index contributed by atoms with van der Waals surface area (Å²) in [5, 5.41) is 0. The molecule has 0 heterocycles. The number of sulfonamides is 1. The van der Waals surface area contributed by atoms with Crippen LogP contribution in [0, 0.1) is 0 Å². The summed E-state index contributed by atoms with van der Waals surface area (Å²) in [7, 11) is -4.14. The summed E-state index contributed by atoms with van der Waals surface area (Å²) in [6, 6.07) is 23.9.